The molecule has 1 N–H and O–H groups in total. The molecule has 0 aromatic heterocycles. The third kappa shape index (κ3) is 7.57. The molecule has 2 fully saturated rings. The number of carboxylic acid groups (broad SMARTS) is 1. The number of likely N-dealkylation sites (N-methyl/N-ethyl adjacent to an activating group) is 1. The highest BCUT2D eigenvalue weighted by atomic mass is 32.2. The number of hydrogen-bond donors (Lipinski definition) is 1. The fourth-order valence-electron chi connectivity index (χ4n) is 2.58. The van der Waals surface area contributed by atoms with Crippen molar-refractivity contribution in [3.63, 3.8) is 0 Å². The molecule has 12 heteroatoms. The molecule has 0 unspecified atom stereocenters. The van der Waals surface area contributed by atoms with E-state index in [0.717, 1.165) is 19.3 Å². The number of carboxylic acids is 1. The van der Waals surface area contributed by atoms with Gasteiger partial charge in [-0.1, -0.05) is 0 Å². The van der Waals surface area contributed by atoms with E-state index in [1.807, 2.05) is 7.05 Å². The van der Waals surface area contributed by atoms with Gasteiger partial charge < -0.3 is 19.6 Å². The van der Waals surface area contributed by atoms with Crippen LogP contribution in [0, 0.1) is 5.92 Å². The third-order valence-corrected chi connectivity index (χ3v) is 4.48. The minimum absolute atomic E-state index is 0.0541. The lowest BCUT2D eigenvalue weighted by Crippen LogP contribution is -2.35. The fourth-order valence-corrected chi connectivity index (χ4v) is 3.21. The Labute approximate surface area is 143 Å². The zero-order valence-electron chi connectivity index (χ0n) is 13.8. The van der Waals surface area contributed by atoms with E-state index in [4.69, 9.17) is 14.6 Å². The molecule has 0 bridgehead atoms. The van der Waals surface area contributed by atoms with Crippen LogP contribution in [0.1, 0.15) is 0 Å². The van der Waals surface area contributed by atoms with Crippen molar-refractivity contribution in [3.8, 4) is 0 Å². The van der Waals surface area contributed by atoms with Gasteiger partial charge in [-0.05, 0) is 7.05 Å². The SMILES string of the molecule is CN1CCO[C@@H]2CN(C(=O)CS(C)(=O)=O)C[C@@H]2C1.O=C(O)C(F)(F)F. The van der Waals surface area contributed by atoms with Crippen LogP contribution in [0.5, 0.6) is 0 Å². The quantitative estimate of drug-likeness (QED) is 0.675. The molecule has 146 valence electrons. The molecule has 1 amide bonds. The van der Waals surface area contributed by atoms with E-state index in [9.17, 15) is 26.4 Å². The summed E-state index contributed by atoms with van der Waals surface area (Å²) in [5.74, 6) is -3.17. The minimum atomic E-state index is -5.08. The Bertz CT molecular complexity index is 595. The molecule has 0 spiro atoms. The first-order valence-corrected chi connectivity index (χ1v) is 9.41. The van der Waals surface area contributed by atoms with E-state index in [2.05, 4.69) is 4.90 Å². The maximum atomic E-state index is 11.8. The number of ether oxygens (including phenoxy) is 1. The molecule has 0 saturated carbocycles. The molecule has 0 aromatic carbocycles. The molecule has 2 aliphatic rings. The van der Waals surface area contributed by atoms with Crippen molar-refractivity contribution in [3.05, 3.63) is 0 Å². The Morgan fingerprint density at radius 3 is 2.28 bits per heavy atom. The van der Waals surface area contributed by atoms with Crippen molar-refractivity contribution in [1.29, 1.82) is 0 Å². The first-order valence-electron chi connectivity index (χ1n) is 7.35. The van der Waals surface area contributed by atoms with Gasteiger partial charge in [0.1, 0.15) is 5.75 Å². The van der Waals surface area contributed by atoms with Crippen molar-refractivity contribution in [2.24, 2.45) is 5.92 Å². The summed E-state index contributed by atoms with van der Waals surface area (Å²) in [5, 5.41) is 7.12. The molecule has 0 aromatic rings. The number of rotatable bonds is 2. The Kier molecular flexibility index (Phi) is 7.20. The van der Waals surface area contributed by atoms with E-state index in [1.165, 1.54) is 0 Å². The summed E-state index contributed by atoms with van der Waals surface area (Å²) in [6.07, 6.45) is -3.94. The minimum Gasteiger partial charge on any atom is -0.475 e. The zero-order chi connectivity index (χ0) is 19.4. The van der Waals surface area contributed by atoms with Gasteiger partial charge in [-0.2, -0.15) is 13.2 Å². The maximum absolute atomic E-state index is 11.8. The van der Waals surface area contributed by atoms with Gasteiger partial charge in [0.25, 0.3) is 0 Å². The summed E-state index contributed by atoms with van der Waals surface area (Å²) >= 11 is 0. The average Bonchev–Trinajstić information content (AvgIpc) is 2.72. The van der Waals surface area contributed by atoms with Crippen LogP contribution >= 0.6 is 0 Å². The highest BCUT2D eigenvalue weighted by molar-refractivity contribution is 7.91. The maximum Gasteiger partial charge on any atom is 0.490 e. The second-order valence-corrected chi connectivity index (χ2v) is 8.24. The number of carbonyl (C=O) groups excluding carboxylic acids is 1. The number of halogens is 3. The smallest absolute Gasteiger partial charge is 0.475 e. The standard InChI is InChI=1S/C11H20N2O4S.C2HF3O2/c1-12-3-4-17-10-7-13(6-9(10)5-12)11(14)8-18(2,15)16;3-2(4,5)1(6)7/h9-10H,3-8H2,1-2H3;(H,6,7)/t9-,10+;/m0./s1. The summed E-state index contributed by atoms with van der Waals surface area (Å²) in [4.78, 5) is 24.6. The van der Waals surface area contributed by atoms with Gasteiger partial charge in [-0.25, -0.2) is 13.2 Å². The summed E-state index contributed by atoms with van der Waals surface area (Å²) in [7, 11) is -1.22. The van der Waals surface area contributed by atoms with Crippen molar-refractivity contribution in [2.45, 2.75) is 12.3 Å². The number of carbonyl (C=O) groups is 2. The molecule has 0 aliphatic carbocycles. The van der Waals surface area contributed by atoms with Gasteiger partial charge in [-0.3, -0.25) is 4.79 Å². The Balaban J connectivity index is 0.000000381. The second-order valence-electron chi connectivity index (χ2n) is 6.10. The summed E-state index contributed by atoms with van der Waals surface area (Å²) in [6, 6.07) is 0. The van der Waals surface area contributed by atoms with Crippen molar-refractivity contribution in [1.82, 2.24) is 9.80 Å². The molecule has 2 rings (SSSR count). The topological polar surface area (TPSA) is 104 Å². The van der Waals surface area contributed by atoms with Crippen LogP contribution in [-0.2, 0) is 24.2 Å². The van der Waals surface area contributed by atoms with Crippen LogP contribution in [0.4, 0.5) is 13.2 Å². The molecule has 25 heavy (non-hydrogen) atoms. The van der Waals surface area contributed by atoms with Crippen LogP contribution in [0.25, 0.3) is 0 Å². The zero-order valence-corrected chi connectivity index (χ0v) is 14.6. The number of hydrogen-bond acceptors (Lipinski definition) is 6. The van der Waals surface area contributed by atoms with Gasteiger partial charge in [0.05, 0.1) is 12.7 Å². The van der Waals surface area contributed by atoms with Gasteiger partial charge in [-0.15, -0.1) is 0 Å². The molecule has 2 saturated heterocycles. The number of amides is 1. The normalized spacial score (nSPS) is 24.8. The first kappa shape index (κ1) is 21.6. The van der Waals surface area contributed by atoms with Gasteiger partial charge >= 0.3 is 12.1 Å². The Morgan fingerprint density at radius 1 is 1.24 bits per heavy atom. The van der Waals surface area contributed by atoms with Crippen LogP contribution < -0.4 is 0 Å². The number of likely N-dealkylation sites (tertiary alicyclic amines) is 1. The molecule has 2 aliphatic heterocycles. The fraction of sp³-hybridized carbons (Fsp3) is 0.846. The molecule has 2 atom stereocenters. The van der Waals surface area contributed by atoms with Crippen molar-refractivity contribution < 1.29 is 41.0 Å². The molecular formula is C13H21F3N2O6S. The summed E-state index contributed by atoms with van der Waals surface area (Å²) in [5.41, 5.74) is 0. The van der Waals surface area contributed by atoms with Gasteiger partial charge in [0.2, 0.25) is 5.91 Å². The third-order valence-electron chi connectivity index (χ3n) is 3.71. The first-order chi connectivity index (χ1) is 11.3. The molecular weight excluding hydrogens is 369 g/mol. The van der Waals surface area contributed by atoms with Crippen molar-refractivity contribution >= 4 is 21.7 Å². The van der Waals surface area contributed by atoms with E-state index in [1.54, 1.807) is 4.90 Å². The van der Waals surface area contributed by atoms with E-state index < -0.39 is 27.7 Å². The largest absolute Gasteiger partial charge is 0.490 e. The highest BCUT2D eigenvalue weighted by Gasteiger charge is 2.39. The van der Waals surface area contributed by atoms with Gasteiger partial charge in [0, 0.05) is 38.4 Å². The number of alkyl halides is 3. The van der Waals surface area contributed by atoms with Crippen LogP contribution in [0.2, 0.25) is 0 Å². The predicted molar refractivity (Wildman–Crippen MR) is 80.7 cm³/mol. The summed E-state index contributed by atoms with van der Waals surface area (Å²) in [6.45, 7) is 3.60. The number of aliphatic carboxylic acids is 1. The molecule has 2 heterocycles. The average molecular weight is 390 g/mol. The lowest BCUT2D eigenvalue weighted by atomic mass is 10.1. The molecule has 0 radical (unpaired) electrons. The molecule has 8 nitrogen and oxygen atoms in total. The van der Waals surface area contributed by atoms with Crippen LogP contribution in [0.3, 0.4) is 0 Å². The number of nitrogens with zero attached hydrogens (tertiary/aromatic N) is 2. The second kappa shape index (κ2) is 8.32. The van der Waals surface area contributed by atoms with Crippen molar-refractivity contribution in [2.75, 3.05) is 51.8 Å². The number of sulfone groups is 1. The van der Waals surface area contributed by atoms with E-state index in [0.29, 0.717) is 25.6 Å². The summed E-state index contributed by atoms with van der Waals surface area (Å²) < 4.78 is 59.7. The lowest BCUT2D eigenvalue weighted by Gasteiger charge is -2.19. The number of fused-ring (bicyclic) bond motifs is 1. The van der Waals surface area contributed by atoms with Gasteiger partial charge in [0.15, 0.2) is 9.84 Å². The Morgan fingerprint density at radius 2 is 1.80 bits per heavy atom. The highest BCUT2D eigenvalue weighted by Crippen LogP contribution is 2.23. The Hall–Kier alpha value is -1.40. The van der Waals surface area contributed by atoms with E-state index in [-0.39, 0.29) is 12.0 Å². The van der Waals surface area contributed by atoms with Crippen LogP contribution in [-0.4, -0.2) is 99.3 Å². The lowest BCUT2D eigenvalue weighted by molar-refractivity contribution is -0.192. The predicted octanol–water partition coefficient (Wildman–Crippen LogP) is -0.547. The van der Waals surface area contributed by atoms with E-state index >= 15 is 0 Å². The van der Waals surface area contributed by atoms with Crippen LogP contribution in [0.15, 0.2) is 0 Å². The monoisotopic (exact) mass is 390 g/mol.